The third kappa shape index (κ3) is 4.54. The lowest BCUT2D eigenvalue weighted by molar-refractivity contribution is -0.274. The summed E-state index contributed by atoms with van der Waals surface area (Å²) in [7, 11) is 0. The number of fused-ring (bicyclic) bond motifs is 5. The highest BCUT2D eigenvalue weighted by Crippen LogP contribution is 2.68. The van der Waals surface area contributed by atoms with Crippen LogP contribution in [0.15, 0.2) is 35.9 Å². The fourth-order valence-electron chi connectivity index (χ4n) is 8.98. The molecule has 6 heteroatoms. The van der Waals surface area contributed by atoms with Gasteiger partial charge in [0.05, 0.1) is 0 Å². The highest BCUT2D eigenvalue weighted by atomic mass is 19.4. The summed E-state index contributed by atoms with van der Waals surface area (Å²) in [5.74, 6) is 2.15. The van der Waals surface area contributed by atoms with Crippen LogP contribution in [0.2, 0.25) is 0 Å². The standard InChI is InChI=1S/C30H37F3O3/c1-19(34)25-10-11-27-24-9-8-21-18-22(35)12-15-28(21,2)26(24)13-16-29(25,27)14-4-6-20-5-3-7-23(17-20)36-30(31,32)33/h3,5,7,17-18,24-27H,4,6,8-16H2,1-2H3/t24-,25-,26+,27+,28+,29-/m1/s1. The first-order valence-corrected chi connectivity index (χ1v) is 13.6. The van der Waals surface area contributed by atoms with Crippen LogP contribution in [-0.2, 0) is 16.0 Å². The summed E-state index contributed by atoms with van der Waals surface area (Å²) in [5, 5.41) is 0. The average Bonchev–Trinajstić information content (AvgIpc) is 3.19. The zero-order chi connectivity index (χ0) is 25.7. The van der Waals surface area contributed by atoms with Gasteiger partial charge in [0.2, 0.25) is 0 Å². The molecule has 0 radical (unpaired) electrons. The number of carbonyl (C=O) groups excluding carboxylic acids is 2. The molecular formula is C30H37F3O3. The molecule has 3 nitrogen and oxygen atoms in total. The Labute approximate surface area is 211 Å². The quantitative estimate of drug-likeness (QED) is 0.402. The molecule has 4 aliphatic rings. The molecule has 0 aliphatic heterocycles. The number of hydrogen-bond donors (Lipinski definition) is 0. The van der Waals surface area contributed by atoms with E-state index in [1.807, 2.05) is 12.1 Å². The van der Waals surface area contributed by atoms with Crippen molar-refractivity contribution >= 4 is 11.6 Å². The van der Waals surface area contributed by atoms with Gasteiger partial charge in [0, 0.05) is 12.3 Å². The average molecular weight is 503 g/mol. The minimum absolute atomic E-state index is 0.00482. The van der Waals surface area contributed by atoms with Crippen molar-refractivity contribution in [1.82, 2.24) is 0 Å². The molecule has 36 heavy (non-hydrogen) atoms. The predicted molar refractivity (Wildman–Crippen MR) is 131 cm³/mol. The number of Topliss-reactive ketones (excluding diaryl/α,β-unsaturated/α-hetero) is 1. The maximum Gasteiger partial charge on any atom is 0.573 e. The molecule has 0 spiro atoms. The molecule has 0 bridgehead atoms. The number of allylic oxidation sites excluding steroid dienone is 1. The van der Waals surface area contributed by atoms with Gasteiger partial charge < -0.3 is 4.74 Å². The van der Waals surface area contributed by atoms with Crippen molar-refractivity contribution in [3.63, 3.8) is 0 Å². The Hall–Kier alpha value is -2.11. The first-order valence-electron chi connectivity index (χ1n) is 13.6. The minimum Gasteiger partial charge on any atom is -0.406 e. The zero-order valence-electron chi connectivity index (χ0n) is 21.3. The van der Waals surface area contributed by atoms with E-state index in [9.17, 15) is 22.8 Å². The molecule has 0 heterocycles. The molecule has 3 fully saturated rings. The number of hydrogen-bond acceptors (Lipinski definition) is 3. The molecule has 0 N–H and O–H groups in total. The van der Waals surface area contributed by atoms with Crippen molar-refractivity contribution < 1.29 is 27.5 Å². The van der Waals surface area contributed by atoms with E-state index in [1.54, 1.807) is 13.0 Å². The normalized spacial score (nSPS) is 35.9. The number of carbonyl (C=O) groups is 2. The summed E-state index contributed by atoms with van der Waals surface area (Å²) in [6, 6.07) is 6.28. The Balaban J connectivity index is 1.34. The molecule has 196 valence electrons. The van der Waals surface area contributed by atoms with Gasteiger partial charge in [-0.1, -0.05) is 24.6 Å². The molecular weight excluding hydrogens is 465 g/mol. The van der Waals surface area contributed by atoms with Crippen LogP contribution in [0.5, 0.6) is 5.75 Å². The molecule has 3 saturated carbocycles. The summed E-state index contributed by atoms with van der Waals surface area (Å²) in [6.45, 7) is 4.12. The number of rotatable bonds is 6. The smallest absolute Gasteiger partial charge is 0.406 e. The molecule has 5 rings (SSSR count). The van der Waals surface area contributed by atoms with Gasteiger partial charge in [0.25, 0.3) is 0 Å². The summed E-state index contributed by atoms with van der Waals surface area (Å²) < 4.78 is 42.0. The van der Waals surface area contributed by atoms with E-state index >= 15 is 0 Å². The second kappa shape index (κ2) is 9.33. The third-order valence-corrected chi connectivity index (χ3v) is 10.4. The largest absolute Gasteiger partial charge is 0.573 e. The van der Waals surface area contributed by atoms with E-state index in [2.05, 4.69) is 11.7 Å². The van der Waals surface area contributed by atoms with Gasteiger partial charge >= 0.3 is 6.36 Å². The van der Waals surface area contributed by atoms with Gasteiger partial charge in [0.15, 0.2) is 5.78 Å². The number of benzene rings is 1. The van der Waals surface area contributed by atoms with Crippen LogP contribution in [0.3, 0.4) is 0 Å². The van der Waals surface area contributed by atoms with E-state index < -0.39 is 6.36 Å². The van der Waals surface area contributed by atoms with Gasteiger partial charge in [-0.3, -0.25) is 9.59 Å². The Morgan fingerprint density at radius 1 is 1.08 bits per heavy atom. The van der Waals surface area contributed by atoms with Crippen LogP contribution >= 0.6 is 0 Å². The van der Waals surface area contributed by atoms with Crippen molar-refractivity contribution in [3.05, 3.63) is 41.5 Å². The minimum atomic E-state index is -4.70. The highest BCUT2D eigenvalue weighted by molar-refractivity contribution is 5.91. The van der Waals surface area contributed by atoms with Gasteiger partial charge in [-0.2, -0.15) is 0 Å². The molecule has 0 saturated heterocycles. The molecule has 0 aromatic heterocycles. The summed E-state index contributed by atoms with van der Waals surface area (Å²) in [5.41, 5.74) is 2.29. The van der Waals surface area contributed by atoms with Crippen LogP contribution in [0.4, 0.5) is 13.2 Å². The second-order valence-corrected chi connectivity index (χ2v) is 12.0. The van der Waals surface area contributed by atoms with E-state index in [1.165, 1.54) is 17.7 Å². The molecule has 6 atom stereocenters. The van der Waals surface area contributed by atoms with Gasteiger partial charge in [-0.25, -0.2) is 0 Å². The van der Waals surface area contributed by atoms with E-state index in [-0.39, 0.29) is 28.3 Å². The SMILES string of the molecule is CC(=O)[C@H]1CC[C@H]2[C@@H]3CCC4=CC(=O)CC[C@]4(C)[C@H]3CC[C@]12CCCc1cccc(OC(F)(F)F)c1. The lowest BCUT2D eigenvalue weighted by Crippen LogP contribution is -2.52. The number of aryl methyl sites for hydroxylation is 1. The zero-order valence-corrected chi connectivity index (χ0v) is 21.3. The number of halogens is 3. The summed E-state index contributed by atoms with van der Waals surface area (Å²) in [4.78, 5) is 25.0. The van der Waals surface area contributed by atoms with E-state index in [0.29, 0.717) is 36.4 Å². The molecule has 1 aromatic carbocycles. The Bertz CT molecular complexity index is 1060. The van der Waals surface area contributed by atoms with E-state index in [0.717, 1.165) is 63.4 Å². The first kappa shape index (κ1) is 25.5. The highest BCUT2D eigenvalue weighted by Gasteiger charge is 2.61. The lowest BCUT2D eigenvalue weighted by atomic mass is 9.45. The molecule has 1 aromatic rings. The molecule has 0 unspecified atom stereocenters. The fourth-order valence-corrected chi connectivity index (χ4v) is 8.98. The lowest BCUT2D eigenvalue weighted by Gasteiger charge is -2.59. The Morgan fingerprint density at radius 3 is 2.64 bits per heavy atom. The van der Waals surface area contributed by atoms with Crippen molar-refractivity contribution in [2.45, 2.75) is 90.8 Å². The molecule has 4 aliphatic carbocycles. The number of ketones is 2. The van der Waals surface area contributed by atoms with E-state index in [4.69, 9.17) is 0 Å². The first-order chi connectivity index (χ1) is 17.0. The van der Waals surface area contributed by atoms with Gasteiger partial charge in [-0.05, 0) is 123 Å². The van der Waals surface area contributed by atoms with Crippen molar-refractivity contribution in [3.8, 4) is 5.75 Å². The Kier molecular flexibility index (Phi) is 6.61. The topological polar surface area (TPSA) is 43.4 Å². The van der Waals surface area contributed by atoms with Crippen molar-refractivity contribution in [1.29, 1.82) is 0 Å². The maximum atomic E-state index is 12.8. The summed E-state index contributed by atoms with van der Waals surface area (Å²) in [6.07, 6.45) is 7.58. The van der Waals surface area contributed by atoms with Crippen LogP contribution < -0.4 is 4.74 Å². The monoisotopic (exact) mass is 502 g/mol. The van der Waals surface area contributed by atoms with Crippen molar-refractivity contribution in [2.75, 3.05) is 0 Å². The second-order valence-electron chi connectivity index (χ2n) is 12.0. The fraction of sp³-hybridized carbons (Fsp3) is 0.667. The van der Waals surface area contributed by atoms with Crippen molar-refractivity contribution in [2.24, 2.45) is 34.5 Å². The van der Waals surface area contributed by atoms with Crippen LogP contribution in [-0.4, -0.2) is 17.9 Å². The molecule has 0 amide bonds. The maximum absolute atomic E-state index is 12.8. The van der Waals surface area contributed by atoms with Crippen LogP contribution in [0.25, 0.3) is 0 Å². The van der Waals surface area contributed by atoms with Crippen LogP contribution in [0, 0.1) is 34.5 Å². The Morgan fingerprint density at radius 2 is 1.89 bits per heavy atom. The summed E-state index contributed by atoms with van der Waals surface area (Å²) >= 11 is 0. The van der Waals surface area contributed by atoms with Crippen LogP contribution in [0.1, 0.15) is 83.6 Å². The van der Waals surface area contributed by atoms with Gasteiger partial charge in [0.1, 0.15) is 11.5 Å². The number of alkyl halides is 3. The third-order valence-electron chi connectivity index (χ3n) is 10.4. The van der Waals surface area contributed by atoms with Gasteiger partial charge in [-0.15, -0.1) is 13.2 Å². The number of ether oxygens (including phenoxy) is 1. The predicted octanol–water partition coefficient (Wildman–Crippen LogP) is 7.63.